The maximum Gasteiger partial charge on any atom is 0.166 e. The van der Waals surface area contributed by atoms with E-state index >= 15 is 0 Å². The maximum atomic E-state index is 12.6. The van der Waals surface area contributed by atoms with Gasteiger partial charge < -0.3 is 10.2 Å². The molecule has 2 N–H and O–H groups in total. The molecule has 0 amide bonds. The second-order valence-electron chi connectivity index (χ2n) is 6.68. The van der Waals surface area contributed by atoms with Crippen molar-refractivity contribution in [1.29, 1.82) is 0 Å². The number of hydrogen-bond acceptors (Lipinski definition) is 3. The average Bonchev–Trinajstić information content (AvgIpc) is 2.68. The Morgan fingerprint density at radius 2 is 1.80 bits per heavy atom. The largest absolute Gasteiger partial charge is 0.507 e. The van der Waals surface area contributed by atoms with Gasteiger partial charge in [-0.1, -0.05) is 51.1 Å². The predicted molar refractivity (Wildman–Crippen MR) is 77.0 cm³/mol. The summed E-state index contributed by atoms with van der Waals surface area (Å²) in [7, 11) is 0. The standard InChI is InChI=1S/C17H20O3/c1-16(2)11-9-12(18)17(16,3)13(15(11)20)14(19)10-7-5-4-6-8-10/h4-8,11-12,18-19H,9H2,1-3H3. The van der Waals surface area contributed by atoms with Crippen LogP contribution in [-0.2, 0) is 4.79 Å². The van der Waals surface area contributed by atoms with Gasteiger partial charge in [0, 0.05) is 22.5 Å². The van der Waals surface area contributed by atoms with Gasteiger partial charge in [-0.3, -0.25) is 4.79 Å². The molecule has 3 atom stereocenters. The first kappa shape index (κ1) is 13.4. The molecule has 3 nitrogen and oxygen atoms in total. The van der Waals surface area contributed by atoms with Crippen molar-refractivity contribution in [3.8, 4) is 0 Å². The predicted octanol–water partition coefficient (Wildman–Crippen LogP) is 2.95. The van der Waals surface area contributed by atoms with Gasteiger partial charge in [0.1, 0.15) is 5.76 Å². The molecule has 1 aromatic rings. The number of ketones is 1. The summed E-state index contributed by atoms with van der Waals surface area (Å²) < 4.78 is 0. The monoisotopic (exact) mass is 272 g/mol. The molecule has 106 valence electrons. The Bertz CT molecular complexity index is 600. The molecule has 0 saturated heterocycles. The highest BCUT2D eigenvalue weighted by Gasteiger charge is 2.69. The summed E-state index contributed by atoms with van der Waals surface area (Å²) in [6.45, 7) is 5.92. The zero-order valence-corrected chi connectivity index (χ0v) is 12.1. The molecule has 0 spiro atoms. The quantitative estimate of drug-likeness (QED) is 0.610. The molecule has 2 bridgehead atoms. The van der Waals surface area contributed by atoms with Crippen molar-refractivity contribution in [3.05, 3.63) is 41.5 Å². The van der Waals surface area contributed by atoms with E-state index < -0.39 is 11.5 Å². The first-order chi connectivity index (χ1) is 9.31. The summed E-state index contributed by atoms with van der Waals surface area (Å²) >= 11 is 0. The van der Waals surface area contributed by atoms with Crippen LogP contribution in [0.5, 0.6) is 0 Å². The fourth-order valence-corrected chi connectivity index (χ4v) is 4.00. The van der Waals surface area contributed by atoms with Crippen molar-refractivity contribution < 1.29 is 15.0 Å². The summed E-state index contributed by atoms with van der Waals surface area (Å²) in [6, 6.07) is 9.08. The van der Waals surface area contributed by atoms with Gasteiger partial charge >= 0.3 is 0 Å². The Morgan fingerprint density at radius 3 is 2.35 bits per heavy atom. The number of aliphatic hydroxyl groups excluding tert-OH is 2. The minimum atomic E-state index is -0.686. The van der Waals surface area contributed by atoms with Crippen LogP contribution in [0.1, 0.15) is 32.8 Å². The highest BCUT2D eigenvalue weighted by Crippen LogP contribution is 2.67. The minimum absolute atomic E-state index is 0.0100. The first-order valence-electron chi connectivity index (χ1n) is 7.03. The normalized spacial score (nSPS) is 37.3. The fraction of sp³-hybridized carbons (Fsp3) is 0.471. The van der Waals surface area contributed by atoms with Crippen molar-refractivity contribution in [2.75, 3.05) is 0 Å². The Morgan fingerprint density at radius 1 is 1.20 bits per heavy atom. The van der Waals surface area contributed by atoms with Crippen molar-refractivity contribution in [3.63, 3.8) is 0 Å². The molecule has 3 heteroatoms. The van der Waals surface area contributed by atoms with Crippen molar-refractivity contribution >= 4 is 11.5 Å². The van der Waals surface area contributed by atoms with Gasteiger partial charge in [0.15, 0.2) is 5.78 Å². The molecule has 0 aliphatic heterocycles. The second kappa shape index (κ2) is 3.95. The van der Waals surface area contributed by atoms with Crippen LogP contribution in [0, 0.1) is 16.7 Å². The molecule has 0 radical (unpaired) electrons. The number of fused-ring (bicyclic) bond motifs is 2. The first-order valence-corrected chi connectivity index (χ1v) is 7.03. The lowest BCUT2D eigenvalue weighted by Crippen LogP contribution is -2.38. The van der Waals surface area contributed by atoms with E-state index in [4.69, 9.17) is 0 Å². The van der Waals surface area contributed by atoms with Crippen LogP contribution in [0.2, 0.25) is 0 Å². The molecule has 0 aromatic heterocycles. The third-order valence-corrected chi connectivity index (χ3v) is 5.70. The number of rotatable bonds is 1. The summed E-state index contributed by atoms with van der Waals surface area (Å²) in [5, 5.41) is 21.0. The Labute approximate surface area is 118 Å². The van der Waals surface area contributed by atoms with E-state index in [2.05, 4.69) is 0 Å². The highest BCUT2D eigenvalue weighted by molar-refractivity contribution is 6.08. The molecule has 3 unspecified atom stereocenters. The van der Waals surface area contributed by atoms with Gasteiger partial charge in [0.2, 0.25) is 0 Å². The molecular weight excluding hydrogens is 252 g/mol. The van der Waals surface area contributed by atoms with E-state index in [1.54, 1.807) is 12.1 Å². The smallest absolute Gasteiger partial charge is 0.166 e. The number of hydrogen-bond donors (Lipinski definition) is 2. The van der Waals surface area contributed by atoms with Gasteiger partial charge in [0.05, 0.1) is 6.10 Å². The molecule has 20 heavy (non-hydrogen) atoms. The number of benzene rings is 1. The third-order valence-electron chi connectivity index (χ3n) is 5.70. The molecule has 0 heterocycles. The zero-order valence-electron chi connectivity index (χ0n) is 12.1. The maximum absolute atomic E-state index is 12.6. The Hall–Kier alpha value is -1.61. The summed E-state index contributed by atoms with van der Waals surface area (Å²) in [4.78, 5) is 12.6. The molecule has 1 aromatic carbocycles. The molecule has 2 aliphatic rings. The van der Waals surface area contributed by atoms with E-state index in [1.165, 1.54) is 0 Å². The zero-order chi connectivity index (χ0) is 14.7. The number of carbonyl (C=O) groups is 1. The lowest BCUT2D eigenvalue weighted by atomic mass is 9.67. The summed E-state index contributed by atoms with van der Waals surface area (Å²) in [5.41, 5.74) is 0.0149. The highest BCUT2D eigenvalue weighted by atomic mass is 16.3. The summed E-state index contributed by atoms with van der Waals surface area (Å²) in [6.07, 6.45) is -0.0884. The van der Waals surface area contributed by atoms with Gasteiger partial charge in [0.25, 0.3) is 0 Å². The molecule has 3 rings (SSSR count). The van der Waals surface area contributed by atoms with E-state index in [1.807, 2.05) is 39.0 Å². The van der Waals surface area contributed by atoms with E-state index in [-0.39, 0.29) is 22.9 Å². The lowest BCUT2D eigenvalue weighted by Gasteiger charge is -2.37. The van der Waals surface area contributed by atoms with Crippen LogP contribution in [0.15, 0.2) is 35.9 Å². The minimum Gasteiger partial charge on any atom is -0.507 e. The van der Waals surface area contributed by atoms with E-state index in [0.29, 0.717) is 17.6 Å². The van der Waals surface area contributed by atoms with Gasteiger partial charge in [-0.15, -0.1) is 0 Å². The second-order valence-corrected chi connectivity index (χ2v) is 6.68. The van der Waals surface area contributed by atoms with Crippen LogP contribution >= 0.6 is 0 Å². The van der Waals surface area contributed by atoms with Crippen molar-refractivity contribution in [2.45, 2.75) is 33.3 Å². The van der Waals surface area contributed by atoms with E-state index in [9.17, 15) is 15.0 Å². The van der Waals surface area contributed by atoms with Crippen LogP contribution in [0.4, 0.5) is 0 Å². The molecule has 2 fully saturated rings. The summed E-state index contributed by atoms with van der Waals surface area (Å²) in [5.74, 6) is -0.194. The van der Waals surface area contributed by atoms with Crippen molar-refractivity contribution in [2.24, 2.45) is 16.7 Å². The van der Waals surface area contributed by atoms with Crippen LogP contribution in [0.3, 0.4) is 0 Å². The molecular formula is C17H20O3. The third kappa shape index (κ3) is 1.36. The van der Waals surface area contributed by atoms with Crippen LogP contribution in [-0.4, -0.2) is 22.1 Å². The SMILES string of the molecule is CC1(C)C2CC(O)C1(C)C(=C(O)c1ccccc1)C2=O. The average molecular weight is 272 g/mol. The molecule has 2 saturated carbocycles. The van der Waals surface area contributed by atoms with Crippen LogP contribution < -0.4 is 0 Å². The molecule has 2 aliphatic carbocycles. The van der Waals surface area contributed by atoms with E-state index in [0.717, 1.165) is 0 Å². The fourth-order valence-electron chi connectivity index (χ4n) is 4.00. The number of Topliss-reactive ketones (excluding diaryl/α,β-unsaturated/α-hetero) is 1. The Kier molecular flexibility index (Phi) is 2.64. The van der Waals surface area contributed by atoms with Crippen molar-refractivity contribution in [1.82, 2.24) is 0 Å². The lowest BCUT2D eigenvalue weighted by molar-refractivity contribution is -0.120. The number of carbonyl (C=O) groups excluding carboxylic acids is 1. The van der Waals surface area contributed by atoms with Gasteiger partial charge in [-0.05, 0) is 11.8 Å². The van der Waals surface area contributed by atoms with Crippen LogP contribution in [0.25, 0.3) is 5.76 Å². The topological polar surface area (TPSA) is 57.5 Å². The van der Waals surface area contributed by atoms with Gasteiger partial charge in [-0.25, -0.2) is 0 Å². The Balaban J connectivity index is 2.23. The van der Waals surface area contributed by atoms with Gasteiger partial charge in [-0.2, -0.15) is 0 Å². The number of aliphatic hydroxyl groups is 2.